The van der Waals surface area contributed by atoms with Crippen LogP contribution in [0.1, 0.15) is 26.2 Å². The maximum Gasteiger partial charge on any atom is 0.123 e. The minimum absolute atomic E-state index is 0.728. The number of carbonyl (C=O) groups excluding carboxylic acids is 1. The highest BCUT2D eigenvalue weighted by molar-refractivity contribution is 5.53. The van der Waals surface area contributed by atoms with Gasteiger partial charge in [-0.2, -0.15) is 0 Å². The third-order valence-corrected chi connectivity index (χ3v) is 1.68. The molecule has 0 aromatic heterocycles. The summed E-state index contributed by atoms with van der Waals surface area (Å²) < 4.78 is 0. The summed E-state index contributed by atoms with van der Waals surface area (Å²) in [6.07, 6.45) is 3.17. The molecule has 1 heteroatoms. The molecule has 1 aliphatic carbocycles. The highest BCUT2D eigenvalue weighted by atomic mass is 16.1. The first-order chi connectivity index (χ1) is 3.83. The van der Waals surface area contributed by atoms with E-state index in [0.29, 0.717) is 0 Å². The molecule has 1 saturated carbocycles. The number of allylic oxidation sites excluding steroid dienone is 1. The van der Waals surface area contributed by atoms with Gasteiger partial charge >= 0.3 is 0 Å². The lowest BCUT2D eigenvalue weighted by molar-refractivity contribution is 0.565. The van der Waals surface area contributed by atoms with E-state index in [9.17, 15) is 4.79 Å². The van der Waals surface area contributed by atoms with Crippen molar-refractivity contribution in [3.05, 3.63) is 5.57 Å². The maximum atomic E-state index is 9.99. The highest BCUT2D eigenvalue weighted by Crippen LogP contribution is 2.27. The van der Waals surface area contributed by atoms with E-state index >= 15 is 0 Å². The lowest BCUT2D eigenvalue weighted by Crippen LogP contribution is -1.80. The summed E-state index contributed by atoms with van der Waals surface area (Å²) in [5, 5.41) is 0. The van der Waals surface area contributed by atoms with Crippen molar-refractivity contribution < 1.29 is 4.79 Å². The first-order valence-electron chi connectivity index (χ1n) is 3.06. The molecule has 0 heterocycles. The number of hydrogen-bond acceptors (Lipinski definition) is 1. The quantitative estimate of drug-likeness (QED) is 0.432. The third kappa shape index (κ3) is 0.988. The van der Waals surface area contributed by atoms with Gasteiger partial charge in [0.25, 0.3) is 0 Å². The molecule has 0 aromatic carbocycles. The van der Waals surface area contributed by atoms with Gasteiger partial charge in [0.15, 0.2) is 0 Å². The van der Waals surface area contributed by atoms with Crippen LogP contribution in [0.2, 0.25) is 0 Å². The van der Waals surface area contributed by atoms with Crippen LogP contribution in [0, 0.1) is 5.92 Å². The summed E-state index contributed by atoms with van der Waals surface area (Å²) >= 11 is 0. The van der Waals surface area contributed by atoms with Crippen molar-refractivity contribution in [3.63, 3.8) is 0 Å². The Bertz CT molecular complexity index is 131. The molecule has 1 nitrogen and oxygen atoms in total. The Labute approximate surface area is 49.4 Å². The standard InChI is InChI=1S/C7H10O/c1-6-2-3-7(4-6)5-8/h6H,2-4H2,1H3. The van der Waals surface area contributed by atoms with Crippen molar-refractivity contribution in [2.75, 3.05) is 0 Å². The van der Waals surface area contributed by atoms with E-state index < -0.39 is 0 Å². The van der Waals surface area contributed by atoms with E-state index in [1.54, 1.807) is 0 Å². The fraction of sp³-hybridized carbons (Fsp3) is 0.714. The summed E-state index contributed by atoms with van der Waals surface area (Å²) in [4.78, 5) is 9.99. The van der Waals surface area contributed by atoms with Crippen LogP contribution in [-0.4, -0.2) is 5.94 Å². The van der Waals surface area contributed by atoms with E-state index in [1.807, 2.05) is 5.94 Å². The first-order valence-corrected chi connectivity index (χ1v) is 3.06. The van der Waals surface area contributed by atoms with Crippen molar-refractivity contribution in [2.45, 2.75) is 26.2 Å². The zero-order chi connectivity index (χ0) is 5.98. The molecule has 0 saturated heterocycles. The second kappa shape index (κ2) is 2.15. The molecule has 8 heavy (non-hydrogen) atoms. The Balaban J connectivity index is 2.56. The van der Waals surface area contributed by atoms with Crippen molar-refractivity contribution in [1.82, 2.24) is 0 Å². The van der Waals surface area contributed by atoms with Crippen LogP contribution in [0.15, 0.2) is 5.57 Å². The zero-order valence-electron chi connectivity index (χ0n) is 5.11. The van der Waals surface area contributed by atoms with Gasteiger partial charge < -0.3 is 0 Å². The number of rotatable bonds is 0. The van der Waals surface area contributed by atoms with Crippen LogP contribution in [0.4, 0.5) is 0 Å². The van der Waals surface area contributed by atoms with E-state index in [-0.39, 0.29) is 0 Å². The van der Waals surface area contributed by atoms with Gasteiger partial charge in [-0.1, -0.05) is 6.92 Å². The second-order valence-electron chi connectivity index (χ2n) is 2.55. The number of hydrogen-bond donors (Lipinski definition) is 0. The molecule has 0 amide bonds. The topological polar surface area (TPSA) is 17.1 Å². The van der Waals surface area contributed by atoms with Crippen LogP contribution in [0.3, 0.4) is 0 Å². The Hall–Kier alpha value is -0.550. The molecule has 0 N–H and O–H groups in total. The molecule has 0 spiro atoms. The van der Waals surface area contributed by atoms with Gasteiger partial charge in [0, 0.05) is 5.57 Å². The van der Waals surface area contributed by atoms with Gasteiger partial charge in [0.2, 0.25) is 0 Å². The molecule has 1 fully saturated rings. The largest absolute Gasteiger partial charge is 0.234 e. The van der Waals surface area contributed by atoms with E-state index in [2.05, 4.69) is 6.92 Å². The summed E-state index contributed by atoms with van der Waals surface area (Å²) in [5.41, 5.74) is 0.984. The van der Waals surface area contributed by atoms with Crippen LogP contribution < -0.4 is 0 Å². The minimum atomic E-state index is 0.728. The Kier molecular flexibility index (Phi) is 1.50. The predicted molar refractivity (Wildman–Crippen MR) is 32.2 cm³/mol. The zero-order valence-corrected chi connectivity index (χ0v) is 5.11. The molecule has 0 radical (unpaired) electrons. The average Bonchev–Trinajstić information content (AvgIpc) is 2.14. The second-order valence-corrected chi connectivity index (χ2v) is 2.55. The Morgan fingerprint density at radius 3 is 2.75 bits per heavy atom. The fourth-order valence-corrected chi connectivity index (χ4v) is 1.14. The van der Waals surface area contributed by atoms with Gasteiger partial charge in [-0.15, -0.1) is 0 Å². The summed E-state index contributed by atoms with van der Waals surface area (Å²) in [6.45, 7) is 2.17. The monoisotopic (exact) mass is 110 g/mol. The maximum absolute atomic E-state index is 9.99. The van der Waals surface area contributed by atoms with Gasteiger partial charge in [-0.25, -0.2) is 4.79 Å². The van der Waals surface area contributed by atoms with Gasteiger partial charge in [0.05, 0.1) is 0 Å². The van der Waals surface area contributed by atoms with Crippen molar-refractivity contribution >= 4 is 5.94 Å². The molecule has 1 atom stereocenters. The first kappa shape index (κ1) is 5.58. The molecular formula is C7H10O. The van der Waals surface area contributed by atoms with Crippen LogP contribution in [-0.2, 0) is 4.79 Å². The molecule has 1 aliphatic rings. The van der Waals surface area contributed by atoms with Crippen LogP contribution in [0.25, 0.3) is 0 Å². The lowest BCUT2D eigenvalue weighted by Gasteiger charge is -1.91. The molecule has 1 unspecified atom stereocenters. The van der Waals surface area contributed by atoms with Crippen molar-refractivity contribution in [2.24, 2.45) is 5.92 Å². The normalized spacial score (nSPS) is 28.1. The molecule has 44 valence electrons. The molecule has 0 aliphatic heterocycles. The van der Waals surface area contributed by atoms with Gasteiger partial charge in [-0.05, 0) is 25.2 Å². The smallest absolute Gasteiger partial charge is 0.123 e. The summed E-state index contributed by atoms with van der Waals surface area (Å²) in [7, 11) is 0. The Morgan fingerprint density at radius 2 is 2.50 bits per heavy atom. The van der Waals surface area contributed by atoms with E-state index in [1.165, 1.54) is 6.42 Å². The fourth-order valence-electron chi connectivity index (χ4n) is 1.14. The SMILES string of the molecule is CC1CCC(=C=O)C1. The van der Waals surface area contributed by atoms with E-state index in [4.69, 9.17) is 0 Å². The van der Waals surface area contributed by atoms with Crippen LogP contribution >= 0.6 is 0 Å². The predicted octanol–water partition coefficient (Wildman–Crippen LogP) is 1.56. The highest BCUT2D eigenvalue weighted by Gasteiger charge is 2.14. The molecule has 1 rings (SSSR count). The Morgan fingerprint density at radius 1 is 1.75 bits per heavy atom. The average molecular weight is 110 g/mol. The summed E-state index contributed by atoms with van der Waals surface area (Å²) in [6, 6.07) is 0. The van der Waals surface area contributed by atoms with E-state index in [0.717, 1.165) is 24.3 Å². The van der Waals surface area contributed by atoms with Gasteiger partial charge in [0.1, 0.15) is 5.94 Å². The third-order valence-electron chi connectivity index (χ3n) is 1.68. The molecule has 0 aromatic rings. The van der Waals surface area contributed by atoms with Crippen LogP contribution in [0.5, 0.6) is 0 Å². The van der Waals surface area contributed by atoms with Gasteiger partial charge in [-0.3, -0.25) is 0 Å². The summed E-state index contributed by atoms with van der Waals surface area (Å²) in [5.74, 6) is 2.69. The lowest BCUT2D eigenvalue weighted by atomic mass is 10.1. The minimum Gasteiger partial charge on any atom is -0.234 e. The van der Waals surface area contributed by atoms with Crippen molar-refractivity contribution in [1.29, 1.82) is 0 Å². The van der Waals surface area contributed by atoms with Crippen molar-refractivity contribution in [3.8, 4) is 0 Å². The molecular weight excluding hydrogens is 100 g/mol. The molecule has 0 bridgehead atoms.